The third-order valence-electron chi connectivity index (χ3n) is 4.49. The van der Waals surface area contributed by atoms with E-state index in [2.05, 4.69) is 34.6 Å². The lowest BCUT2D eigenvalue weighted by atomic mass is 9.77. The highest BCUT2D eigenvalue weighted by Gasteiger charge is 2.21. The molecule has 0 N–H and O–H groups in total. The van der Waals surface area contributed by atoms with E-state index in [0.29, 0.717) is 0 Å². The molecule has 0 nitrogen and oxygen atoms in total. The van der Waals surface area contributed by atoms with Gasteiger partial charge in [-0.25, -0.2) is 0 Å². The van der Waals surface area contributed by atoms with Crippen molar-refractivity contribution in [3.63, 3.8) is 0 Å². The highest BCUT2D eigenvalue weighted by Crippen LogP contribution is 2.31. The fourth-order valence-electron chi connectivity index (χ4n) is 2.95. The molecule has 0 rings (SSSR count). The quantitative estimate of drug-likeness (QED) is 0.364. The van der Waals surface area contributed by atoms with E-state index in [0.717, 1.165) is 17.8 Å². The van der Waals surface area contributed by atoms with Crippen LogP contribution in [0.5, 0.6) is 0 Å². The van der Waals surface area contributed by atoms with E-state index in [1.807, 2.05) is 0 Å². The molecule has 0 fully saturated rings. The minimum absolute atomic E-state index is 0.926. The standard InChI is InChI=1S/C17H36/c1-6-9-11-13-15(4)16(5)17(12-8-3)14-10-7-2/h15-17H,6-14H2,1-5H3. The maximum absolute atomic E-state index is 2.51. The summed E-state index contributed by atoms with van der Waals surface area (Å²) in [6, 6.07) is 0. The molecular weight excluding hydrogens is 204 g/mol. The summed E-state index contributed by atoms with van der Waals surface area (Å²) in [6.07, 6.45) is 12.7. The van der Waals surface area contributed by atoms with Crippen LogP contribution in [0.1, 0.15) is 92.4 Å². The minimum atomic E-state index is 0.926. The molecule has 0 radical (unpaired) electrons. The number of unbranched alkanes of at least 4 members (excludes halogenated alkanes) is 3. The average molecular weight is 240 g/mol. The number of hydrogen-bond acceptors (Lipinski definition) is 0. The van der Waals surface area contributed by atoms with E-state index in [-0.39, 0.29) is 0 Å². The molecule has 0 aliphatic rings. The van der Waals surface area contributed by atoms with Crippen LogP contribution >= 0.6 is 0 Å². The Balaban J connectivity index is 4.03. The third-order valence-corrected chi connectivity index (χ3v) is 4.49. The fraction of sp³-hybridized carbons (Fsp3) is 1.00. The van der Waals surface area contributed by atoms with E-state index < -0.39 is 0 Å². The van der Waals surface area contributed by atoms with Crippen molar-refractivity contribution < 1.29 is 0 Å². The maximum Gasteiger partial charge on any atom is -0.0386 e. The van der Waals surface area contributed by atoms with E-state index in [1.54, 1.807) is 0 Å². The summed E-state index contributed by atoms with van der Waals surface area (Å²) in [4.78, 5) is 0. The van der Waals surface area contributed by atoms with Gasteiger partial charge in [0.25, 0.3) is 0 Å². The Kier molecular flexibility index (Phi) is 11.1. The van der Waals surface area contributed by atoms with Crippen molar-refractivity contribution in [3.05, 3.63) is 0 Å². The van der Waals surface area contributed by atoms with E-state index >= 15 is 0 Å². The Morgan fingerprint density at radius 2 is 1.29 bits per heavy atom. The summed E-state index contributed by atoms with van der Waals surface area (Å²) in [5, 5.41) is 0. The van der Waals surface area contributed by atoms with Gasteiger partial charge >= 0.3 is 0 Å². The van der Waals surface area contributed by atoms with Crippen molar-refractivity contribution in [1.82, 2.24) is 0 Å². The molecule has 0 bridgehead atoms. The molecular formula is C17H36. The Morgan fingerprint density at radius 1 is 0.647 bits per heavy atom. The predicted molar refractivity (Wildman–Crippen MR) is 80.4 cm³/mol. The summed E-state index contributed by atoms with van der Waals surface area (Å²) in [5.74, 6) is 2.84. The van der Waals surface area contributed by atoms with Crippen LogP contribution in [-0.2, 0) is 0 Å². The van der Waals surface area contributed by atoms with Gasteiger partial charge in [0.05, 0.1) is 0 Å². The third kappa shape index (κ3) is 7.84. The first-order valence-corrected chi connectivity index (χ1v) is 8.17. The Hall–Kier alpha value is 0. The topological polar surface area (TPSA) is 0 Å². The zero-order valence-corrected chi connectivity index (χ0v) is 13.1. The Morgan fingerprint density at radius 3 is 1.82 bits per heavy atom. The van der Waals surface area contributed by atoms with Gasteiger partial charge < -0.3 is 0 Å². The molecule has 0 aliphatic heterocycles. The van der Waals surface area contributed by atoms with Gasteiger partial charge in [0.2, 0.25) is 0 Å². The monoisotopic (exact) mass is 240 g/mol. The van der Waals surface area contributed by atoms with Gasteiger partial charge in [0.1, 0.15) is 0 Å². The van der Waals surface area contributed by atoms with Crippen LogP contribution in [0.25, 0.3) is 0 Å². The summed E-state index contributed by atoms with van der Waals surface area (Å²) in [7, 11) is 0. The summed E-state index contributed by atoms with van der Waals surface area (Å²) < 4.78 is 0. The zero-order chi connectivity index (χ0) is 13.1. The lowest BCUT2D eigenvalue weighted by Gasteiger charge is -2.29. The van der Waals surface area contributed by atoms with Crippen molar-refractivity contribution in [1.29, 1.82) is 0 Å². The van der Waals surface area contributed by atoms with Crippen molar-refractivity contribution in [2.75, 3.05) is 0 Å². The lowest BCUT2D eigenvalue weighted by molar-refractivity contribution is 0.217. The van der Waals surface area contributed by atoms with Crippen LogP contribution in [0.15, 0.2) is 0 Å². The van der Waals surface area contributed by atoms with Crippen molar-refractivity contribution in [2.24, 2.45) is 17.8 Å². The van der Waals surface area contributed by atoms with Gasteiger partial charge in [0.15, 0.2) is 0 Å². The molecule has 0 amide bonds. The van der Waals surface area contributed by atoms with E-state index in [9.17, 15) is 0 Å². The molecule has 3 unspecified atom stereocenters. The van der Waals surface area contributed by atoms with Gasteiger partial charge in [-0.3, -0.25) is 0 Å². The van der Waals surface area contributed by atoms with Crippen LogP contribution in [0, 0.1) is 17.8 Å². The van der Waals surface area contributed by atoms with Gasteiger partial charge in [0, 0.05) is 0 Å². The molecule has 0 spiro atoms. The van der Waals surface area contributed by atoms with Gasteiger partial charge in [-0.2, -0.15) is 0 Å². The van der Waals surface area contributed by atoms with Crippen LogP contribution in [0.3, 0.4) is 0 Å². The minimum Gasteiger partial charge on any atom is -0.0654 e. The first kappa shape index (κ1) is 17.0. The lowest BCUT2D eigenvalue weighted by Crippen LogP contribution is -2.19. The maximum atomic E-state index is 2.51. The molecule has 104 valence electrons. The normalized spacial score (nSPS) is 16.8. The van der Waals surface area contributed by atoms with Crippen LogP contribution < -0.4 is 0 Å². The van der Waals surface area contributed by atoms with Crippen LogP contribution in [0.2, 0.25) is 0 Å². The predicted octanol–water partition coefficient (Wildman–Crippen LogP) is 6.45. The Labute approximate surface area is 111 Å². The molecule has 0 saturated heterocycles. The molecule has 0 aromatic heterocycles. The Bertz CT molecular complexity index is 150. The molecule has 0 heteroatoms. The van der Waals surface area contributed by atoms with Gasteiger partial charge in [-0.1, -0.05) is 92.4 Å². The van der Waals surface area contributed by atoms with Crippen molar-refractivity contribution >= 4 is 0 Å². The molecule has 0 aliphatic carbocycles. The van der Waals surface area contributed by atoms with Crippen LogP contribution in [-0.4, -0.2) is 0 Å². The van der Waals surface area contributed by atoms with Crippen LogP contribution in [0.4, 0.5) is 0 Å². The summed E-state index contributed by atoms with van der Waals surface area (Å²) in [6.45, 7) is 11.9. The van der Waals surface area contributed by atoms with Gasteiger partial charge in [-0.05, 0) is 17.8 Å². The van der Waals surface area contributed by atoms with Gasteiger partial charge in [-0.15, -0.1) is 0 Å². The van der Waals surface area contributed by atoms with E-state index in [1.165, 1.54) is 57.8 Å². The second-order valence-corrected chi connectivity index (χ2v) is 6.02. The molecule has 17 heavy (non-hydrogen) atoms. The SMILES string of the molecule is CCCCCC(C)C(C)C(CCC)CCCC. The van der Waals surface area contributed by atoms with Crippen molar-refractivity contribution in [2.45, 2.75) is 92.4 Å². The number of rotatable bonds is 11. The highest BCUT2D eigenvalue weighted by atomic mass is 14.3. The first-order valence-electron chi connectivity index (χ1n) is 8.17. The first-order chi connectivity index (χ1) is 8.17. The molecule has 0 aromatic rings. The second kappa shape index (κ2) is 11.1. The molecule has 0 heterocycles. The summed E-state index contributed by atoms with van der Waals surface area (Å²) >= 11 is 0. The average Bonchev–Trinajstić information content (AvgIpc) is 2.33. The smallest absolute Gasteiger partial charge is 0.0386 e. The molecule has 0 aromatic carbocycles. The van der Waals surface area contributed by atoms with Crippen molar-refractivity contribution in [3.8, 4) is 0 Å². The summed E-state index contributed by atoms with van der Waals surface area (Å²) in [5.41, 5.74) is 0. The molecule has 3 atom stereocenters. The van der Waals surface area contributed by atoms with E-state index in [4.69, 9.17) is 0 Å². The number of hydrogen-bond donors (Lipinski definition) is 0. The molecule has 0 saturated carbocycles. The largest absolute Gasteiger partial charge is 0.0654 e. The highest BCUT2D eigenvalue weighted by molar-refractivity contribution is 4.71. The second-order valence-electron chi connectivity index (χ2n) is 6.02. The zero-order valence-electron chi connectivity index (χ0n) is 13.1. The fourth-order valence-corrected chi connectivity index (χ4v) is 2.95.